The Balaban J connectivity index is 1.62. The molecular formula is C28H29N5. The van der Waals surface area contributed by atoms with Gasteiger partial charge in [-0.05, 0) is 47.5 Å². The van der Waals surface area contributed by atoms with Gasteiger partial charge in [0.2, 0.25) is 0 Å². The molecule has 0 spiro atoms. The lowest BCUT2D eigenvalue weighted by Gasteiger charge is -2.35. The molecule has 0 radical (unpaired) electrons. The monoisotopic (exact) mass is 435 g/mol. The lowest BCUT2D eigenvalue weighted by Crippen LogP contribution is -2.30. The summed E-state index contributed by atoms with van der Waals surface area (Å²) in [6.07, 6.45) is 9.05. The van der Waals surface area contributed by atoms with Gasteiger partial charge >= 0.3 is 0 Å². The number of allylic oxidation sites excluding steroid dienone is 1. The second-order valence-corrected chi connectivity index (χ2v) is 9.07. The molecule has 1 N–H and O–H groups in total. The van der Waals surface area contributed by atoms with Crippen LogP contribution in [0.25, 0.3) is 17.3 Å². The van der Waals surface area contributed by atoms with Crippen molar-refractivity contribution in [2.45, 2.75) is 11.8 Å². The van der Waals surface area contributed by atoms with E-state index in [2.05, 4.69) is 120 Å². The van der Waals surface area contributed by atoms with Crippen LogP contribution >= 0.6 is 0 Å². The molecule has 166 valence electrons. The SMILES string of the molecule is CN(C)c1ccc(C2(c3ccc(N(C)C)cc3)C=Cc3c(-c4cccnc4)n[nH]c3C2)cc1. The number of aromatic amines is 1. The average Bonchev–Trinajstić information content (AvgIpc) is 3.27. The Hall–Kier alpha value is -3.86. The van der Waals surface area contributed by atoms with Crippen LogP contribution in [0.4, 0.5) is 11.4 Å². The van der Waals surface area contributed by atoms with Gasteiger partial charge in [0.15, 0.2) is 0 Å². The highest BCUT2D eigenvalue weighted by atomic mass is 15.1. The molecule has 5 rings (SSSR count). The Morgan fingerprint density at radius 1 is 0.818 bits per heavy atom. The van der Waals surface area contributed by atoms with Crippen LogP contribution in [0, 0.1) is 0 Å². The molecule has 0 saturated heterocycles. The van der Waals surface area contributed by atoms with Crippen molar-refractivity contribution in [3.8, 4) is 11.3 Å². The standard InChI is InChI=1S/C28H29N5/c1-32(2)23-11-7-21(8-12-23)28(22-9-13-24(14-10-22)33(3)4)16-15-25-26(18-28)30-31-27(25)20-6-5-17-29-19-20/h5-17,19H,18H2,1-4H3,(H,30,31). The molecule has 0 amide bonds. The van der Waals surface area contributed by atoms with E-state index in [9.17, 15) is 0 Å². The number of aromatic nitrogens is 3. The maximum Gasteiger partial charge on any atom is 0.101 e. The third-order valence-corrected chi connectivity index (χ3v) is 6.61. The topological polar surface area (TPSA) is 48.1 Å². The highest BCUT2D eigenvalue weighted by Crippen LogP contribution is 2.43. The Morgan fingerprint density at radius 2 is 1.42 bits per heavy atom. The number of anilines is 2. The summed E-state index contributed by atoms with van der Waals surface area (Å²) in [5.41, 5.74) is 8.91. The molecule has 5 heteroatoms. The Bertz CT molecular complexity index is 1210. The van der Waals surface area contributed by atoms with E-state index in [0.29, 0.717) is 0 Å². The lowest BCUT2D eigenvalue weighted by molar-refractivity contribution is 0.620. The minimum absolute atomic E-state index is 0.276. The van der Waals surface area contributed by atoms with Gasteiger partial charge < -0.3 is 9.80 Å². The molecule has 0 unspecified atom stereocenters. The maximum absolute atomic E-state index is 4.67. The van der Waals surface area contributed by atoms with Crippen molar-refractivity contribution in [1.82, 2.24) is 15.2 Å². The van der Waals surface area contributed by atoms with Gasteiger partial charge in [0.1, 0.15) is 5.69 Å². The summed E-state index contributed by atoms with van der Waals surface area (Å²) < 4.78 is 0. The highest BCUT2D eigenvalue weighted by molar-refractivity contribution is 5.76. The first-order valence-electron chi connectivity index (χ1n) is 11.2. The number of nitrogens with one attached hydrogen (secondary N) is 1. The van der Waals surface area contributed by atoms with Crippen molar-refractivity contribution in [3.05, 3.63) is 102 Å². The van der Waals surface area contributed by atoms with Crippen molar-refractivity contribution < 1.29 is 0 Å². The number of benzene rings is 2. The van der Waals surface area contributed by atoms with E-state index in [1.165, 1.54) is 22.5 Å². The second kappa shape index (κ2) is 8.24. The van der Waals surface area contributed by atoms with Crippen molar-refractivity contribution in [2.75, 3.05) is 38.0 Å². The zero-order valence-corrected chi connectivity index (χ0v) is 19.6. The van der Waals surface area contributed by atoms with Crippen LogP contribution in [0.15, 0.2) is 79.1 Å². The van der Waals surface area contributed by atoms with E-state index in [-0.39, 0.29) is 5.41 Å². The molecule has 2 heterocycles. The number of hydrogen-bond acceptors (Lipinski definition) is 4. The minimum Gasteiger partial charge on any atom is -0.378 e. The number of H-pyrrole nitrogens is 1. The van der Waals surface area contributed by atoms with Gasteiger partial charge in [-0.15, -0.1) is 0 Å². The zero-order valence-electron chi connectivity index (χ0n) is 19.6. The first kappa shape index (κ1) is 21.0. The van der Waals surface area contributed by atoms with Crippen LogP contribution in [0.5, 0.6) is 0 Å². The Morgan fingerprint density at radius 3 is 1.94 bits per heavy atom. The van der Waals surface area contributed by atoms with Gasteiger partial charge in [-0.1, -0.05) is 36.4 Å². The molecule has 5 nitrogen and oxygen atoms in total. The Labute approximate surface area is 195 Å². The lowest BCUT2D eigenvalue weighted by atomic mass is 9.68. The van der Waals surface area contributed by atoms with Gasteiger partial charge in [-0.25, -0.2) is 0 Å². The van der Waals surface area contributed by atoms with Crippen molar-refractivity contribution in [3.63, 3.8) is 0 Å². The highest BCUT2D eigenvalue weighted by Gasteiger charge is 2.36. The van der Waals surface area contributed by atoms with E-state index in [4.69, 9.17) is 0 Å². The predicted molar refractivity (Wildman–Crippen MR) is 137 cm³/mol. The van der Waals surface area contributed by atoms with Gasteiger partial charge in [0.25, 0.3) is 0 Å². The summed E-state index contributed by atoms with van der Waals surface area (Å²) >= 11 is 0. The second-order valence-electron chi connectivity index (χ2n) is 9.07. The molecule has 0 atom stereocenters. The molecule has 1 aliphatic carbocycles. The zero-order chi connectivity index (χ0) is 23.0. The normalized spacial score (nSPS) is 14.1. The molecular weight excluding hydrogens is 406 g/mol. The van der Waals surface area contributed by atoms with Crippen LogP contribution in [0.3, 0.4) is 0 Å². The van der Waals surface area contributed by atoms with Gasteiger partial charge in [-0.3, -0.25) is 10.1 Å². The molecule has 2 aromatic heterocycles. The Kier molecular flexibility index (Phi) is 5.25. The summed E-state index contributed by atoms with van der Waals surface area (Å²) in [6, 6.07) is 21.8. The van der Waals surface area contributed by atoms with Gasteiger partial charge in [0.05, 0.1) is 0 Å². The summed E-state index contributed by atoms with van der Waals surface area (Å²) in [7, 11) is 8.29. The summed E-state index contributed by atoms with van der Waals surface area (Å²) in [6.45, 7) is 0. The van der Waals surface area contributed by atoms with E-state index in [1.54, 1.807) is 6.20 Å². The summed E-state index contributed by atoms with van der Waals surface area (Å²) in [5, 5.41) is 8.00. The fourth-order valence-electron chi connectivity index (χ4n) is 4.66. The number of hydrogen-bond donors (Lipinski definition) is 1. The smallest absolute Gasteiger partial charge is 0.101 e. The average molecular weight is 436 g/mol. The summed E-state index contributed by atoms with van der Waals surface area (Å²) in [4.78, 5) is 8.53. The molecule has 0 saturated carbocycles. The third-order valence-electron chi connectivity index (χ3n) is 6.61. The number of fused-ring (bicyclic) bond motifs is 1. The van der Waals surface area contributed by atoms with Crippen molar-refractivity contribution in [1.29, 1.82) is 0 Å². The first-order chi connectivity index (χ1) is 16.0. The first-order valence-corrected chi connectivity index (χ1v) is 11.2. The quantitative estimate of drug-likeness (QED) is 0.470. The molecule has 0 fully saturated rings. The van der Waals surface area contributed by atoms with E-state index >= 15 is 0 Å². The van der Waals surface area contributed by atoms with Gasteiger partial charge in [-0.2, -0.15) is 5.10 Å². The van der Waals surface area contributed by atoms with Crippen LogP contribution in [0.1, 0.15) is 22.4 Å². The van der Waals surface area contributed by atoms with Crippen LogP contribution in [-0.4, -0.2) is 43.4 Å². The molecule has 4 aromatic rings. The maximum atomic E-state index is 4.67. The van der Waals surface area contributed by atoms with E-state index < -0.39 is 0 Å². The van der Waals surface area contributed by atoms with Crippen molar-refractivity contribution in [2.24, 2.45) is 0 Å². The third kappa shape index (κ3) is 3.69. The molecule has 33 heavy (non-hydrogen) atoms. The summed E-state index contributed by atoms with van der Waals surface area (Å²) in [5.74, 6) is 0. The van der Waals surface area contributed by atoms with Crippen LogP contribution < -0.4 is 9.80 Å². The fourth-order valence-corrected chi connectivity index (χ4v) is 4.66. The minimum atomic E-state index is -0.276. The van der Waals surface area contributed by atoms with Crippen LogP contribution in [-0.2, 0) is 11.8 Å². The molecule has 2 aromatic carbocycles. The number of rotatable bonds is 5. The largest absolute Gasteiger partial charge is 0.378 e. The van der Waals surface area contributed by atoms with Crippen molar-refractivity contribution >= 4 is 17.5 Å². The molecule has 0 aliphatic heterocycles. The molecule has 0 bridgehead atoms. The van der Waals surface area contributed by atoms with Gasteiger partial charge in [0, 0.05) is 80.6 Å². The predicted octanol–water partition coefficient (Wildman–Crippen LogP) is 5.16. The van der Waals surface area contributed by atoms with E-state index in [1.807, 2.05) is 12.3 Å². The number of nitrogens with zero attached hydrogens (tertiary/aromatic N) is 4. The number of pyridine rings is 1. The molecule has 1 aliphatic rings. The van der Waals surface area contributed by atoms with Crippen LogP contribution in [0.2, 0.25) is 0 Å². The fraction of sp³-hybridized carbons (Fsp3) is 0.214. The van der Waals surface area contributed by atoms with E-state index in [0.717, 1.165) is 28.9 Å².